The highest BCUT2D eigenvalue weighted by Crippen LogP contribution is 2.02. The number of aromatic nitrogens is 4. The van der Waals surface area contributed by atoms with Gasteiger partial charge >= 0.3 is 0 Å². The van der Waals surface area contributed by atoms with Gasteiger partial charge in [-0.15, -0.1) is 10.2 Å². The predicted octanol–water partition coefficient (Wildman–Crippen LogP) is 0.0128. The average Bonchev–Trinajstić information content (AvgIpc) is 2.33. The van der Waals surface area contributed by atoms with Gasteiger partial charge in [-0.1, -0.05) is 5.16 Å². The summed E-state index contributed by atoms with van der Waals surface area (Å²) in [6.07, 6.45) is 2.91. The van der Waals surface area contributed by atoms with Gasteiger partial charge in [-0.05, 0) is 5.21 Å². The molecule has 0 amide bonds. The van der Waals surface area contributed by atoms with Crippen LogP contribution < -0.4 is 0 Å². The molecule has 44 valence electrons. The van der Waals surface area contributed by atoms with E-state index in [0.717, 1.165) is 0 Å². The van der Waals surface area contributed by atoms with Crippen LogP contribution in [0.3, 0.4) is 0 Å². The fourth-order valence-electron chi connectivity index (χ4n) is 0.559. The lowest BCUT2D eigenvalue weighted by Crippen LogP contribution is -1.83. The molecular formula is C4H2N4O. The number of rotatable bonds is 0. The highest BCUT2D eigenvalue weighted by Gasteiger charge is 1.95. The van der Waals surface area contributed by atoms with E-state index < -0.39 is 0 Å². The zero-order valence-electron chi connectivity index (χ0n) is 4.35. The molecule has 0 aliphatic carbocycles. The van der Waals surface area contributed by atoms with Gasteiger partial charge in [0.2, 0.25) is 0 Å². The highest BCUT2D eigenvalue weighted by molar-refractivity contribution is 5.69. The molecule has 2 heterocycles. The van der Waals surface area contributed by atoms with Crippen LogP contribution in [-0.4, -0.2) is 20.6 Å². The largest absolute Gasteiger partial charge is 0.362 e. The van der Waals surface area contributed by atoms with Gasteiger partial charge in [0.1, 0.15) is 0 Å². The van der Waals surface area contributed by atoms with Crippen molar-refractivity contribution < 1.29 is 4.52 Å². The van der Waals surface area contributed by atoms with Crippen molar-refractivity contribution >= 4 is 11.0 Å². The monoisotopic (exact) mass is 122 g/mol. The summed E-state index contributed by atoms with van der Waals surface area (Å²) < 4.78 is 4.57. The Balaban J connectivity index is 2.95. The standard InChI is InChI=1S/C4H2N4O/c1-3-4(2-9-7-3)6-8-5-1/h1-2H. The molecule has 0 atom stereocenters. The molecule has 5 nitrogen and oxygen atoms in total. The first-order valence-electron chi connectivity index (χ1n) is 2.35. The molecule has 0 unspecified atom stereocenters. The zero-order valence-corrected chi connectivity index (χ0v) is 4.35. The first kappa shape index (κ1) is 4.37. The molecule has 2 rings (SSSR count). The van der Waals surface area contributed by atoms with Gasteiger partial charge in [-0.2, -0.15) is 0 Å². The molecule has 9 heavy (non-hydrogen) atoms. The molecule has 0 spiro atoms. The lowest BCUT2D eigenvalue weighted by Gasteiger charge is -1.75. The van der Waals surface area contributed by atoms with Crippen LogP contribution in [0.25, 0.3) is 11.0 Å². The number of hydrogen-bond acceptors (Lipinski definition) is 5. The molecule has 0 saturated carbocycles. The van der Waals surface area contributed by atoms with Crippen LogP contribution in [0.4, 0.5) is 0 Å². The Morgan fingerprint density at radius 2 is 2.33 bits per heavy atom. The Morgan fingerprint density at radius 1 is 1.33 bits per heavy atom. The van der Waals surface area contributed by atoms with E-state index in [1.807, 2.05) is 0 Å². The predicted molar refractivity (Wildman–Crippen MR) is 27.4 cm³/mol. The van der Waals surface area contributed by atoms with Crippen LogP contribution in [0.2, 0.25) is 0 Å². The molecule has 5 heteroatoms. The van der Waals surface area contributed by atoms with Crippen molar-refractivity contribution in [2.24, 2.45) is 0 Å². The molecule has 0 bridgehead atoms. The number of fused-ring (bicyclic) bond motifs is 1. The topological polar surface area (TPSA) is 64.7 Å². The average molecular weight is 122 g/mol. The normalized spacial score (nSPS) is 10.2. The molecule has 0 aromatic carbocycles. The van der Waals surface area contributed by atoms with Crippen molar-refractivity contribution in [2.45, 2.75) is 0 Å². The smallest absolute Gasteiger partial charge is 0.156 e. The second-order valence-corrected chi connectivity index (χ2v) is 1.52. The summed E-state index contributed by atoms with van der Waals surface area (Å²) in [5.41, 5.74) is 1.26. The second kappa shape index (κ2) is 1.48. The molecule has 0 fully saturated rings. The molecular weight excluding hydrogens is 120 g/mol. The SMILES string of the molecule is c1onc2cnnnc12. The van der Waals surface area contributed by atoms with Gasteiger partial charge in [-0.3, -0.25) is 0 Å². The van der Waals surface area contributed by atoms with Crippen LogP contribution in [0.5, 0.6) is 0 Å². The van der Waals surface area contributed by atoms with E-state index in [9.17, 15) is 0 Å². The van der Waals surface area contributed by atoms with Gasteiger partial charge in [-0.25, -0.2) is 0 Å². The maximum Gasteiger partial charge on any atom is 0.156 e. The van der Waals surface area contributed by atoms with Crippen molar-refractivity contribution in [3.63, 3.8) is 0 Å². The highest BCUT2D eigenvalue weighted by atomic mass is 16.5. The van der Waals surface area contributed by atoms with E-state index in [1.165, 1.54) is 12.5 Å². The van der Waals surface area contributed by atoms with Crippen molar-refractivity contribution in [3.8, 4) is 0 Å². The van der Waals surface area contributed by atoms with E-state index in [0.29, 0.717) is 11.0 Å². The fraction of sp³-hybridized carbons (Fsp3) is 0. The third-order valence-electron chi connectivity index (χ3n) is 0.962. The Labute approximate surface area is 49.7 Å². The van der Waals surface area contributed by atoms with Gasteiger partial charge < -0.3 is 4.52 Å². The van der Waals surface area contributed by atoms with Crippen LogP contribution >= 0.6 is 0 Å². The summed E-state index contributed by atoms with van der Waals surface area (Å²) in [5, 5.41) is 14.1. The third-order valence-corrected chi connectivity index (χ3v) is 0.962. The minimum absolute atomic E-state index is 0.630. The van der Waals surface area contributed by atoms with E-state index in [1.54, 1.807) is 0 Å². The number of nitrogens with zero attached hydrogens (tertiary/aromatic N) is 4. The minimum atomic E-state index is 0.630. The molecule has 0 radical (unpaired) electrons. The van der Waals surface area contributed by atoms with Crippen molar-refractivity contribution in [3.05, 3.63) is 12.5 Å². The minimum Gasteiger partial charge on any atom is -0.362 e. The van der Waals surface area contributed by atoms with Crippen molar-refractivity contribution in [1.29, 1.82) is 0 Å². The fourth-order valence-corrected chi connectivity index (χ4v) is 0.559. The Morgan fingerprint density at radius 3 is 3.22 bits per heavy atom. The van der Waals surface area contributed by atoms with Crippen molar-refractivity contribution in [1.82, 2.24) is 20.6 Å². The molecule has 0 N–H and O–H groups in total. The summed E-state index contributed by atoms with van der Waals surface area (Å²) in [7, 11) is 0. The summed E-state index contributed by atoms with van der Waals surface area (Å²) in [4.78, 5) is 0. The van der Waals surface area contributed by atoms with Gasteiger partial charge in [0.15, 0.2) is 17.3 Å². The molecule has 2 aromatic rings. The molecule has 0 saturated heterocycles. The van der Waals surface area contributed by atoms with Crippen LogP contribution in [0.1, 0.15) is 0 Å². The maximum absolute atomic E-state index is 4.57. The first-order chi connectivity index (χ1) is 4.47. The van der Waals surface area contributed by atoms with Gasteiger partial charge in [0.25, 0.3) is 0 Å². The molecule has 0 aliphatic rings. The molecule has 2 aromatic heterocycles. The van der Waals surface area contributed by atoms with E-state index in [-0.39, 0.29) is 0 Å². The van der Waals surface area contributed by atoms with Crippen LogP contribution in [-0.2, 0) is 0 Å². The number of hydrogen-bond donors (Lipinski definition) is 0. The Kier molecular flexibility index (Phi) is 0.717. The summed E-state index contributed by atoms with van der Waals surface area (Å²) in [5.74, 6) is 0. The van der Waals surface area contributed by atoms with Gasteiger partial charge in [0, 0.05) is 0 Å². The third kappa shape index (κ3) is 0.543. The second-order valence-electron chi connectivity index (χ2n) is 1.52. The zero-order chi connectivity index (χ0) is 6.10. The van der Waals surface area contributed by atoms with E-state index in [2.05, 4.69) is 25.1 Å². The lowest BCUT2D eigenvalue weighted by atomic mass is 10.5. The first-order valence-corrected chi connectivity index (χ1v) is 2.35. The Bertz CT molecular complexity index is 287. The van der Waals surface area contributed by atoms with Crippen LogP contribution in [0, 0.1) is 0 Å². The summed E-state index contributed by atoms with van der Waals surface area (Å²) in [6, 6.07) is 0. The van der Waals surface area contributed by atoms with Crippen molar-refractivity contribution in [2.75, 3.05) is 0 Å². The van der Waals surface area contributed by atoms with Gasteiger partial charge in [0.05, 0.1) is 6.20 Å². The maximum atomic E-state index is 4.57. The van der Waals surface area contributed by atoms with Crippen LogP contribution in [0.15, 0.2) is 17.0 Å². The summed E-state index contributed by atoms with van der Waals surface area (Å²) in [6.45, 7) is 0. The summed E-state index contributed by atoms with van der Waals surface area (Å²) >= 11 is 0. The Hall–Kier alpha value is -1.52. The molecule has 0 aliphatic heterocycles. The lowest BCUT2D eigenvalue weighted by molar-refractivity contribution is 0.428. The van der Waals surface area contributed by atoms with E-state index in [4.69, 9.17) is 0 Å². The van der Waals surface area contributed by atoms with E-state index >= 15 is 0 Å². The quantitative estimate of drug-likeness (QED) is 0.492.